The van der Waals surface area contributed by atoms with Crippen molar-refractivity contribution in [1.82, 2.24) is 4.98 Å². The summed E-state index contributed by atoms with van der Waals surface area (Å²) in [6.07, 6.45) is 1.52. The fourth-order valence-electron chi connectivity index (χ4n) is 1.67. The van der Waals surface area contributed by atoms with Gasteiger partial charge in [-0.15, -0.1) is 0 Å². The Balaban J connectivity index is 2.67. The van der Waals surface area contributed by atoms with Crippen molar-refractivity contribution in [2.75, 3.05) is 0 Å². The molecule has 0 aliphatic carbocycles. The SMILES string of the molecule is [N-]=[N+]=Nc1cccc2[nH]cc(CC(=O)O)c12. The number of H-pyrrole nitrogens is 1. The van der Waals surface area contributed by atoms with Crippen LogP contribution in [0.25, 0.3) is 21.3 Å². The summed E-state index contributed by atoms with van der Waals surface area (Å²) in [4.78, 5) is 16.3. The fraction of sp³-hybridized carbons (Fsp3) is 0.100. The van der Waals surface area contributed by atoms with Gasteiger partial charge < -0.3 is 10.1 Å². The van der Waals surface area contributed by atoms with E-state index < -0.39 is 5.97 Å². The van der Waals surface area contributed by atoms with E-state index in [0.717, 1.165) is 5.52 Å². The van der Waals surface area contributed by atoms with E-state index in [0.29, 0.717) is 16.6 Å². The normalized spacial score (nSPS) is 10.0. The zero-order chi connectivity index (χ0) is 11.5. The second-order valence-electron chi connectivity index (χ2n) is 3.27. The standard InChI is InChI=1S/C10H8N4O2/c11-14-13-8-3-1-2-7-10(8)6(5-12-7)4-9(15)16/h1-3,5,12H,4H2,(H,15,16). The molecule has 0 saturated carbocycles. The number of nitrogens with zero attached hydrogens (tertiary/aromatic N) is 3. The van der Waals surface area contributed by atoms with Gasteiger partial charge in [0.1, 0.15) is 0 Å². The summed E-state index contributed by atoms with van der Waals surface area (Å²) in [7, 11) is 0. The number of carboxylic acid groups (broad SMARTS) is 1. The Morgan fingerprint density at radius 3 is 3.06 bits per heavy atom. The van der Waals surface area contributed by atoms with Crippen LogP contribution in [0.1, 0.15) is 5.56 Å². The molecule has 2 N–H and O–H groups in total. The topological polar surface area (TPSA) is 102 Å². The molecule has 0 aliphatic heterocycles. The van der Waals surface area contributed by atoms with Crippen molar-refractivity contribution in [2.24, 2.45) is 5.11 Å². The van der Waals surface area contributed by atoms with Crippen molar-refractivity contribution < 1.29 is 9.90 Å². The molecule has 6 nitrogen and oxygen atoms in total. The Bertz CT molecular complexity index is 596. The Morgan fingerprint density at radius 1 is 1.56 bits per heavy atom. The zero-order valence-corrected chi connectivity index (χ0v) is 8.21. The summed E-state index contributed by atoms with van der Waals surface area (Å²) >= 11 is 0. The molecule has 1 heterocycles. The maximum Gasteiger partial charge on any atom is 0.307 e. The minimum Gasteiger partial charge on any atom is -0.481 e. The highest BCUT2D eigenvalue weighted by atomic mass is 16.4. The molecule has 16 heavy (non-hydrogen) atoms. The molecule has 0 amide bonds. The number of benzene rings is 1. The number of hydrogen-bond acceptors (Lipinski definition) is 2. The molecule has 80 valence electrons. The van der Waals surface area contributed by atoms with E-state index in [1.807, 2.05) is 0 Å². The average molecular weight is 216 g/mol. The van der Waals surface area contributed by atoms with Crippen LogP contribution in [0, 0.1) is 0 Å². The summed E-state index contributed by atoms with van der Waals surface area (Å²) in [6.45, 7) is 0. The number of fused-ring (bicyclic) bond motifs is 1. The molecule has 6 heteroatoms. The van der Waals surface area contributed by atoms with E-state index >= 15 is 0 Å². The summed E-state index contributed by atoms with van der Waals surface area (Å²) < 4.78 is 0. The molecule has 0 bridgehead atoms. The van der Waals surface area contributed by atoms with E-state index in [2.05, 4.69) is 15.0 Å². The molecule has 0 saturated heterocycles. The van der Waals surface area contributed by atoms with Crippen molar-refractivity contribution >= 4 is 22.6 Å². The highest BCUT2D eigenvalue weighted by molar-refractivity contribution is 5.95. The number of rotatable bonds is 3. The third kappa shape index (κ3) is 1.69. The lowest BCUT2D eigenvalue weighted by atomic mass is 10.1. The summed E-state index contributed by atoms with van der Waals surface area (Å²) in [6, 6.07) is 5.20. The second-order valence-corrected chi connectivity index (χ2v) is 3.27. The monoisotopic (exact) mass is 216 g/mol. The Morgan fingerprint density at radius 2 is 2.38 bits per heavy atom. The summed E-state index contributed by atoms with van der Waals surface area (Å²) in [5.74, 6) is -0.920. The third-order valence-corrected chi connectivity index (χ3v) is 2.26. The highest BCUT2D eigenvalue weighted by Gasteiger charge is 2.10. The van der Waals surface area contributed by atoms with E-state index in [4.69, 9.17) is 10.6 Å². The first-order valence-electron chi connectivity index (χ1n) is 4.58. The third-order valence-electron chi connectivity index (χ3n) is 2.26. The number of aliphatic carboxylic acids is 1. The molecule has 2 aromatic rings. The van der Waals surface area contributed by atoms with Gasteiger partial charge in [0.05, 0.1) is 6.42 Å². The van der Waals surface area contributed by atoms with Gasteiger partial charge >= 0.3 is 5.97 Å². The van der Waals surface area contributed by atoms with Crippen molar-refractivity contribution in [1.29, 1.82) is 0 Å². The zero-order valence-electron chi connectivity index (χ0n) is 8.21. The molecule has 0 atom stereocenters. The molecule has 0 radical (unpaired) electrons. The maximum absolute atomic E-state index is 10.7. The number of aromatic amines is 1. The Kier molecular flexibility index (Phi) is 2.49. The van der Waals surface area contributed by atoms with Gasteiger partial charge in [-0.1, -0.05) is 17.2 Å². The van der Waals surface area contributed by atoms with E-state index in [1.54, 1.807) is 24.4 Å². The fourth-order valence-corrected chi connectivity index (χ4v) is 1.67. The highest BCUT2D eigenvalue weighted by Crippen LogP contribution is 2.29. The van der Waals surface area contributed by atoms with Crippen molar-refractivity contribution in [3.8, 4) is 0 Å². The quantitative estimate of drug-likeness (QED) is 0.468. The number of hydrogen-bond donors (Lipinski definition) is 2. The van der Waals surface area contributed by atoms with Crippen molar-refractivity contribution in [3.05, 3.63) is 40.4 Å². The average Bonchev–Trinajstić information content (AvgIpc) is 2.62. The smallest absolute Gasteiger partial charge is 0.307 e. The molecule has 0 unspecified atom stereocenters. The maximum atomic E-state index is 10.7. The Hall–Kier alpha value is -2.46. The minimum atomic E-state index is -0.920. The minimum absolute atomic E-state index is 0.0992. The number of azide groups is 1. The van der Waals surface area contributed by atoms with Crippen LogP contribution in [-0.2, 0) is 11.2 Å². The molecule has 1 aromatic carbocycles. The van der Waals surface area contributed by atoms with Gasteiger partial charge in [-0.3, -0.25) is 4.79 Å². The largest absolute Gasteiger partial charge is 0.481 e. The van der Waals surface area contributed by atoms with Crippen molar-refractivity contribution in [3.63, 3.8) is 0 Å². The van der Waals surface area contributed by atoms with Crippen LogP contribution in [0.2, 0.25) is 0 Å². The molecular weight excluding hydrogens is 208 g/mol. The molecule has 0 spiro atoms. The van der Waals surface area contributed by atoms with E-state index in [-0.39, 0.29) is 6.42 Å². The first-order chi connectivity index (χ1) is 7.72. The molecular formula is C10H8N4O2. The lowest BCUT2D eigenvalue weighted by Crippen LogP contribution is -1.98. The van der Waals surface area contributed by atoms with Crippen LogP contribution >= 0.6 is 0 Å². The van der Waals surface area contributed by atoms with E-state index in [9.17, 15) is 4.79 Å². The Labute approximate surface area is 90.1 Å². The van der Waals surface area contributed by atoms with Gasteiger partial charge in [-0.25, -0.2) is 0 Å². The van der Waals surface area contributed by atoms with Crippen LogP contribution in [0.5, 0.6) is 0 Å². The van der Waals surface area contributed by atoms with Crippen LogP contribution < -0.4 is 0 Å². The number of carbonyl (C=O) groups is 1. The second kappa shape index (κ2) is 3.96. The number of nitrogens with one attached hydrogen (secondary N) is 1. The van der Waals surface area contributed by atoms with Gasteiger partial charge in [0.2, 0.25) is 0 Å². The van der Waals surface area contributed by atoms with Gasteiger partial charge in [-0.2, -0.15) is 0 Å². The van der Waals surface area contributed by atoms with Crippen LogP contribution in [0.3, 0.4) is 0 Å². The first kappa shape index (κ1) is 10.1. The van der Waals surface area contributed by atoms with Crippen LogP contribution in [0.15, 0.2) is 29.5 Å². The summed E-state index contributed by atoms with van der Waals surface area (Å²) in [5.41, 5.74) is 10.2. The first-order valence-corrected chi connectivity index (χ1v) is 4.58. The molecule has 0 fully saturated rings. The van der Waals surface area contributed by atoms with E-state index in [1.165, 1.54) is 0 Å². The van der Waals surface area contributed by atoms with Gasteiger partial charge in [0.25, 0.3) is 0 Å². The predicted octanol–water partition coefficient (Wildman–Crippen LogP) is 2.74. The summed E-state index contributed by atoms with van der Waals surface area (Å²) in [5, 5.41) is 13.0. The lowest BCUT2D eigenvalue weighted by molar-refractivity contribution is -0.136. The van der Waals surface area contributed by atoms with Crippen molar-refractivity contribution in [2.45, 2.75) is 6.42 Å². The van der Waals surface area contributed by atoms with Gasteiger partial charge in [-0.05, 0) is 17.2 Å². The lowest BCUT2D eigenvalue weighted by Gasteiger charge is -1.98. The van der Waals surface area contributed by atoms with Gasteiger partial charge in [0.15, 0.2) is 0 Å². The van der Waals surface area contributed by atoms with Crippen LogP contribution in [0.4, 0.5) is 5.69 Å². The number of aromatic nitrogens is 1. The molecule has 0 aliphatic rings. The molecule has 1 aromatic heterocycles. The number of carboxylic acids is 1. The molecule has 2 rings (SSSR count). The predicted molar refractivity (Wildman–Crippen MR) is 58.4 cm³/mol. The van der Waals surface area contributed by atoms with Crippen LogP contribution in [-0.4, -0.2) is 16.1 Å². The van der Waals surface area contributed by atoms with Gasteiger partial charge in [0, 0.05) is 27.7 Å².